The Kier molecular flexibility index (Phi) is 3.73. The molecule has 80 valence electrons. The average molecular weight is 209 g/mol. The van der Waals surface area contributed by atoms with Gasteiger partial charge in [-0.15, -0.1) is 0 Å². The summed E-state index contributed by atoms with van der Waals surface area (Å²) in [5.41, 5.74) is 2.37. The first-order chi connectivity index (χ1) is 6.41. The molecule has 1 rings (SSSR count). The van der Waals surface area contributed by atoms with Crippen LogP contribution in [0.3, 0.4) is 0 Å². The zero-order valence-corrected chi connectivity index (χ0v) is 11.2. The molecule has 0 amide bonds. The fourth-order valence-corrected chi connectivity index (χ4v) is 4.58. The van der Waals surface area contributed by atoms with Gasteiger partial charge in [0.2, 0.25) is 0 Å². The normalized spacial score (nSPS) is 18.9. The standard InChI is InChI=1S/C12H23NSi/c1-13(2)12(14(3,4)5)10-11-8-6-7-9-11/h6-8,12H,9-10H2,1-5H3. The van der Waals surface area contributed by atoms with Crippen LogP contribution < -0.4 is 0 Å². The van der Waals surface area contributed by atoms with Gasteiger partial charge in [0.15, 0.2) is 0 Å². The predicted octanol–water partition coefficient (Wildman–Crippen LogP) is 3.07. The third-order valence-electron chi connectivity index (χ3n) is 2.93. The van der Waals surface area contributed by atoms with Gasteiger partial charge in [-0.2, -0.15) is 0 Å². The minimum Gasteiger partial charge on any atom is -0.309 e. The quantitative estimate of drug-likeness (QED) is 0.643. The van der Waals surface area contributed by atoms with Crippen LogP contribution in [-0.2, 0) is 0 Å². The topological polar surface area (TPSA) is 3.24 Å². The van der Waals surface area contributed by atoms with Crippen LogP contribution >= 0.6 is 0 Å². The summed E-state index contributed by atoms with van der Waals surface area (Å²) in [7, 11) is 3.37. The Morgan fingerprint density at radius 2 is 2.00 bits per heavy atom. The molecule has 1 unspecified atom stereocenters. The number of hydrogen-bond acceptors (Lipinski definition) is 1. The lowest BCUT2D eigenvalue weighted by Gasteiger charge is -2.35. The van der Waals surface area contributed by atoms with Crippen molar-refractivity contribution in [3.05, 3.63) is 23.8 Å². The molecule has 0 N–H and O–H groups in total. The van der Waals surface area contributed by atoms with Crippen molar-refractivity contribution in [2.75, 3.05) is 14.1 Å². The lowest BCUT2D eigenvalue weighted by molar-refractivity contribution is 0.360. The Morgan fingerprint density at radius 1 is 1.36 bits per heavy atom. The van der Waals surface area contributed by atoms with E-state index in [1.807, 2.05) is 0 Å². The highest BCUT2D eigenvalue weighted by Gasteiger charge is 2.28. The van der Waals surface area contributed by atoms with E-state index in [1.54, 1.807) is 5.57 Å². The molecule has 0 aromatic rings. The average Bonchev–Trinajstić information content (AvgIpc) is 2.48. The summed E-state index contributed by atoms with van der Waals surface area (Å²) in [6, 6.07) is 0. The highest BCUT2D eigenvalue weighted by molar-refractivity contribution is 6.77. The maximum Gasteiger partial charge on any atom is 0.0642 e. The highest BCUT2D eigenvalue weighted by atomic mass is 28.3. The number of allylic oxidation sites excluding steroid dienone is 3. The molecular formula is C12H23NSi. The second-order valence-corrected chi connectivity index (χ2v) is 10.9. The van der Waals surface area contributed by atoms with Crippen molar-refractivity contribution in [1.29, 1.82) is 0 Å². The van der Waals surface area contributed by atoms with Gasteiger partial charge in [-0.1, -0.05) is 43.4 Å². The smallest absolute Gasteiger partial charge is 0.0642 e. The third-order valence-corrected chi connectivity index (χ3v) is 5.65. The Morgan fingerprint density at radius 3 is 2.36 bits per heavy atom. The zero-order chi connectivity index (χ0) is 10.8. The molecule has 0 saturated carbocycles. The summed E-state index contributed by atoms with van der Waals surface area (Å²) in [5.74, 6) is 0. The van der Waals surface area contributed by atoms with Gasteiger partial charge < -0.3 is 4.90 Å². The second-order valence-electron chi connectivity index (χ2n) is 5.51. The van der Waals surface area contributed by atoms with Crippen LogP contribution in [0.25, 0.3) is 0 Å². The molecule has 2 heteroatoms. The van der Waals surface area contributed by atoms with Gasteiger partial charge in [-0.05, 0) is 26.9 Å². The van der Waals surface area contributed by atoms with Crippen molar-refractivity contribution in [3.8, 4) is 0 Å². The predicted molar refractivity (Wildman–Crippen MR) is 67.3 cm³/mol. The molecule has 0 aromatic heterocycles. The number of rotatable bonds is 4. The molecule has 0 aliphatic heterocycles. The van der Waals surface area contributed by atoms with Crippen LogP contribution in [0, 0.1) is 0 Å². The van der Waals surface area contributed by atoms with Gasteiger partial charge in [-0.3, -0.25) is 0 Å². The van der Waals surface area contributed by atoms with E-state index >= 15 is 0 Å². The van der Waals surface area contributed by atoms with E-state index in [0.717, 1.165) is 5.67 Å². The molecule has 1 atom stereocenters. The number of hydrogen-bond donors (Lipinski definition) is 0. The Bertz CT molecular complexity index is 246. The zero-order valence-electron chi connectivity index (χ0n) is 10.2. The van der Waals surface area contributed by atoms with Crippen LogP contribution in [-0.4, -0.2) is 32.7 Å². The van der Waals surface area contributed by atoms with Crippen molar-refractivity contribution in [3.63, 3.8) is 0 Å². The maximum absolute atomic E-state index is 2.46. The maximum atomic E-state index is 2.46. The highest BCUT2D eigenvalue weighted by Crippen LogP contribution is 2.24. The Hall–Kier alpha value is -0.343. The molecular weight excluding hydrogens is 186 g/mol. The van der Waals surface area contributed by atoms with Crippen molar-refractivity contribution >= 4 is 8.07 Å². The van der Waals surface area contributed by atoms with Crippen LogP contribution in [0.5, 0.6) is 0 Å². The summed E-state index contributed by atoms with van der Waals surface area (Å²) in [6.07, 6.45) is 9.17. The summed E-state index contributed by atoms with van der Waals surface area (Å²) in [6.45, 7) is 7.38. The van der Waals surface area contributed by atoms with E-state index in [0.29, 0.717) is 0 Å². The van der Waals surface area contributed by atoms with Crippen molar-refractivity contribution in [1.82, 2.24) is 4.90 Å². The molecule has 0 fully saturated rings. The first-order valence-corrected chi connectivity index (χ1v) is 9.00. The van der Waals surface area contributed by atoms with Crippen LogP contribution in [0.1, 0.15) is 12.8 Å². The summed E-state index contributed by atoms with van der Waals surface area (Å²) >= 11 is 0. The van der Waals surface area contributed by atoms with E-state index in [9.17, 15) is 0 Å². The molecule has 0 heterocycles. The third kappa shape index (κ3) is 3.10. The van der Waals surface area contributed by atoms with E-state index in [1.165, 1.54) is 12.8 Å². The van der Waals surface area contributed by atoms with Gasteiger partial charge in [0.25, 0.3) is 0 Å². The molecule has 0 saturated heterocycles. The van der Waals surface area contributed by atoms with Crippen LogP contribution in [0.15, 0.2) is 23.8 Å². The van der Waals surface area contributed by atoms with Gasteiger partial charge in [0.1, 0.15) is 0 Å². The lowest BCUT2D eigenvalue weighted by atomic mass is 10.1. The summed E-state index contributed by atoms with van der Waals surface area (Å²) in [5, 5.41) is 0. The van der Waals surface area contributed by atoms with Gasteiger partial charge in [-0.25, -0.2) is 0 Å². The van der Waals surface area contributed by atoms with Crippen molar-refractivity contribution in [2.24, 2.45) is 0 Å². The van der Waals surface area contributed by atoms with Gasteiger partial charge in [0.05, 0.1) is 8.07 Å². The van der Waals surface area contributed by atoms with Crippen LogP contribution in [0.4, 0.5) is 0 Å². The largest absolute Gasteiger partial charge is 0.309 e. The van der Waals surface area contributed by atoms with Crippen molar-refractivity contribution in [2.45, 2.75) is 38.1 Å². The Balaban J connectivity index is 2.61. The molecule has 1 nitrogen and oxygen atoms in total. The summed E-state index contributed by atoms with van der Waals surface area (Å²) in [4.78, 5) is 2.41. The van der Waals surface area contributed by atoms with Crippen molar-refractivity contribution < 1.29 is 0 Å². The fourth-order valence-electron chi connectivity index (χ4n) is 2.15. The summed E-state index contributed by atoms with van der Waals surface area (Å²) < 4.78 is 0. The first-order valence-electron chi connectivity index (χ1n) is 5.42. The monoisotopic (exact) mass is 209 g/mol. The number of nitrogens with zero attached hydrogens (tertiary/aromatic N) is 1. The van der Waals surface area contributed by atoms with Gasteiger partial charge >= 0.3 is 0 Å². The van der Waals surface area contributed by atoms with Gasteiger partial charge in [0, 0.05) is 5.67 Å². The second kappa shape index (κ2) is 4.45. The molecule has 0 aromatic carbocycles. The first kappa shape index (κ1) is 11.7. The molecule has 0 bridgehead atoms. The minimum atomic E-state index is -1.06. The molecule has 0 radical (unpaired) electrons. The van der Waals surface area contributed by atoms with E-state index < -0.39 is 8.07 Å². The lowest BCUT2D eigenvalue weighted by Crippen LogP contribution is -2.48. The Labute approximate surface area is 89.5 Å². The van der Waals surface area contributed by atoms with Crippen LogP contribution in [0.2, 0.25) is 19.6 Å². The molecule has 14 heavy (non-hydrogen) atoms. The molecule has 1 aliphatic carbocycles. The SMILES string of the molecule is CN(C)C(CC1=CC=CC1)[Si](C)(C)C. The molecule has 1 aliphatic rings. The van der Waals surface area contributed by atoms with E-state index in [4.69, 9.17) is 0 Å². The minimum absolute atomic E-state index is 0.772. The molecule has 0 spiro atoms. The van der Waals surface area contributed by atoms with E-state index in [2.05, 4.69) is 56.9 Å². The van der Waals surface area contributed by atoms with E-state index in [-0.39, 0.29) is 0 Å². The fraction of sp³-hybridized carbons (Fsp3) is 0.667.